The van der Waals surface area contributed by atoms with Gasteiger partial charge < -0.3 is 0 Å². The topological polar surface area (TPSA) is 59.1 Å². The summed E-state index contributed by atoms with van der Waals surface area (Å²) in [7, 11) is 0. The molecular formula is C11H8N2O2S2. The molecule has 1 unspecified atom stereocenters. The van der Waals surface area contributed by atoms with Crippen molar-refractivity contribution >= 4 is 44.5 Å². The molecule has 0 bridgehead atoms. The quantitative estimate of drug-likeness (QED) is 0.903. The minimum atomic E-state index is -0.330. The molecule has 1 fully saturated rings. The number of aromatic nitrogens is 1. The zero-order valence-electron chi connectivity index (χ0n) is 8.67. The van der Waals surface area contributed by atoms with Gasteiger partial charge in [0.25, 0.3) is 5.24 Å². The van der Waals surface area contributed by atoms with Crippen LogP contribution in [0.2, 0.25) is 0 Å². The van der Waals surface area contributed by atoms with Crippen LogP contribution in [0.15, 0.2) is 24.3 Å². The summed E-state index contributed by atoms with van der Waals surface area (Å²) in [5.41, 5.74) is 0.947. The van der Waals surface area contributed by atoms with Crippen LogP contribution in [0, 0.1) is 0 Å². The Kier molecular flexibility index (Phi) is 2.60. The summed E-state index contributed by atoms with van der Waals surface area (Å²) in [6, 6.07) is 7.85. The maximum Gasteiger partial charge on any atom is 0.286 e. The van der Waals surface area contributed by atoms with Crippen LogP contribution >= 0.6 is 23.1 Å². The summed E-state index contributed by atoms with van der Waals surface area (Å²) in [4.78, 5) is 26.9. The molecule has 0 radical (unpaired) electrons. The second-order valence-electron chi connectivity index (χ2n) is 3.66. The summed E-state index contributed by atoms with van der Waals surface area (Å²) in [5.74, 6) is -0.209. The fourth-order valence-electron chi connectivity index (χ4n) is 1.69. The molecule has 1 aliphatic heterocycles. The number of amides is 2. The third-order valence-corrected chi connectivity index (χ3v) is 4.51. The van der Waals surface area contributed by atoms with E-state index < -0.39 is 0 Å². The van der Waals surface area contributed by atoms with E-state index >= 15 is 0 Å². The maximum absolute atomic E-state index is 11.4. The highest BCUT2D eigenvalue weighted by Gasteiger charge is 2.32. The number of hydrogen-bond acceptors (Lipinski definition) is 5. The number of para-hydroxylation sites is 1. The smallest absolute Gasteiger partial charge is 0.286 e. The number of hydrogen-bond donors (Lipinski definition) is 1. The van der Waals surface area contributed by atoms with Crippen molar-refractivity contribution in [2.75, 3.05) is 0 Å². The average molecular weight is 264 g/mol. The van der Waals surface area contributed by atoms with Crippen LogP contribution in [-0.2, 0) is 11.2 Å². The van der Waals surface area contributed by atoms with E-state index in [0.717, 1.165) is 27.0 Å². The first-order valence-corrected chi connectivity index (χ1v) is 6.78. The van der Waals surface area contributed by atoms with Gasteiger partial charge in [-0.15, -0.1) is 11.3 Å². The highest BCUT2D eigenvalue weighted by molar-refractivity contribution is 8.15. The van der Waals surface area contributed by atoms with Crippen LogP contribution in [0.5, 0.6) is 0 Å². The number of nitrogens with zero attached hydrogens (tertiary/aromatic N) is 1. The second kappa shape index (κ2) is 4.12. The number of benzene rings is 1. The molecule has 2 heterocycles. The Bertz CT molecular complexity index is 575. The number of rotatable bonds is 2. The van der Waals surface area contributed by atoms with Crippen LogP contribution in [0.25, 0.3) is 10.2 Å². The Morgan fingerprint density at radius 2 is 2.12 bits per heavy atom. The molecule has 2 amide bonds. The van der Waals surface area contributed by atoms with Gasteiger partial charge in [-0.2, -0.15) is 0 Å². The van der Waals surface area contributed by atoms with E-state index in [-0.39, 0.29) is 16.4 Å². The van der Waals surface area contributed by atoms with Gasteiger partial charge in [0.15, 0.2) is 0 Å². The van der Waals surface area contributed by atoms with E-state index in [9.17, 15) is 9.59 Å². The lowest BCUT2D eigenvalue weighted by Gasteiger charge is -1.99. The van der Waals surface area contributed by atoms with Crippen LogP contribution in [0.3, 0.4) is 0 Å². The van der Waals surface area contributed by atoms with Crippen LogP contribution in [0.1, 0.15) is 5.01 Å². The molecule has 0 saturated carbocycles. The summed E-state index contributed by atoms with van der Waals surface area (Å²) >= 11 is 2.62. The van der Waals surface area contributed by atoms with E-state index in [1.165, 1.54) is 0 Å². The van der Waals surface area contributed by atoms with Gasteiger partial charge in [-0.25, -0.2) is 4.98 Å². The molecule has 1 N–H and O–H groups in total. The highest BCUT2D eigenvalue weighted by atomic mass is 32.2. The van der Waals surface area contributed by atoms with Gasteiger partial charge in [0, 0.05) is 6.42 Å². The minimum absolute atomic E-state index is 0.209. The fraction of sp³-hybridized carbons (Fsp3) is 0.182. The van der Waals surface area contributed by atoms with Crippen molar-refractivity contribution in [1.29, 1.82) is 0 Å². The van der Waals surface area contributed by atoms with Crippen LogP contribution < -0.4 is 5.32 Å². The van der Waals surface area contributed by atoms with Crippen molar-refractivity contribution in [3.8, 4) is 0 Å². The summed E-state index contributed by atoms with van der Waals surface area (Å²) in [6.07, 6.45) is 0.515. The fourth-order valence-corrected chi connectivity index (χ4v) is 3.64. The van der Waals surface area contributed by atoms with E-state index in [4.69, 9.17) is 0 Å². The van der Waals surface area contributed by atoms with Crippen LogP contribution in [0.4, 0.5) is 4.79 Å². The molecule has 0 spiro atoms. The Labute approximate surface area is 105 Å². The van der Waals surface area contributed by atoms with E-state index in [1.807, 2.05) is 24.3 Å². The van der Waals surface area contributed by atoms with Gasteiger partial charge in [0.05, 0.1) is 20.5 Å². The number of thioether (sulfide) groups is 1. The average Bonchev–Trinajstić information content (AvgIpc) is 2.82. The number of thiazole rings is 1. The molecule has 1 aliphatic rings. The van der Waals surface area contributed by atoms with Crippen LogP contribution in [-0.4, -0.2) is 21.4 Å². The minimum Gasteiger partial charge on any atom is -0.286 e. The molecule has 1 atom stereocenters. The molecule has 1 saturated heterocycles. The normalized spacial score (nSPS) is 19.9. The van der Waals surface area contributed by atoms with Crippen molar-refractivity contribution in [2.24, 2.45) is 0 Å². The third-order valence-electron chi connectivity index (χ3n) is 2.47. The first kappa shape index (κ1) is 10.7. The molecule has 17 heavy (non-hydrogen) atoms. The Balaban J connectivity index is 1.85. The van der Waals surface area contributed by atoms with Crippen molar-refractivity contribution in [3.63, 3.8) is 0 Å². The zero-order chi connectivity index (χ0) is 11.8. The largest absolute Gasteiger partial charge is 0.286 e. The number of fused-ring (bicyclic) bond motifs is 1. The zero-order valence-corrected chi connectivity index (χ0v) is 10.3. The lowest BCUT2D eigenvalue weighted by atomic mass is 10.3. The lowest BCUT2D eigenvalue weighted by molar-refractivity contribution is -0.118. The van der Waals surface area contributed by atoms with Gasteiger partial charge >= 0.3 is 0 Å². The summed E-state index contributed by atoms with van der Waals surface area (Å²) in [5, 5.41) is 2.59. The number of imide groups is 1. The molecular weight excluding hydrogens is 256 g/mol. The monoisotopic (exact) mass is 264 g/mol. The molecule has 1 aromatic heterocycles. The van der Waals surface area contributed by atoms with Gasteiger partial charge in [-0.3, -0.25) is 14.9 Å². The second-order valence-corrected chi connectivity index (χ2v) is 5.95. The highest BCUT2D eigenvalue weighted by Crippen LogP contribution is 2.27. The number of nitrogens with one attached hydrogen (secondary N) is 1. The van der Waals surface area contributed by atoms with Gasteiger partial charge in [0.1, 0.15) is 0 Å². The van der Waals surface area contributed by atoms with Crippen molar-refractivity contribution < 1.29 is 9.59 Å². The summed E-state index contributed by atoms with van der Waals surface area (Å²) in [6.45, 7) is 0. The van der Waals surface area contributed by atoms with Crippen molar-refractivity contribution in [3.05, 3.63) is 29.3 Å². The predicted molar refractivity (Wildman–Crippen MR) is 68.2 cm³/mol. The lowest BCUT2D eigenvalue weighted by Crippen LogP contribution is -2.25. The Hall–Kier alpha value is -1.40. The summed E-state index contributed by atoms with van der Waals surface area (Å²) < 4.78 is 1.11. The Morgan fingerprint density at radius 1 is 1.29 bits per heavy atom. The molecule has 0 aliphatic carbocycles. The van der Waals surface area contributed by atoms with E-state index in [1.54, 1.807) is 11.3 Å². The molecule has 2 aromatic rings. The van der Waals surface area contributed by atoms with Crippen molar-refractivity contribution in [1.82, 2.24) is 10.3 Å². The first-order chi connectivity index (χ1) is 8.22. The molecule has 6 heteroatoms. The van der Waals surface area contributed by atoms with Gasteiger partial charge in [-0.1, -0.05) is 23.9 Å². The molecule has 4 nitrogen and oxygen atoms in total. The predicted octanol–water partition coefficient (Wildman–Crippen LogP) is 2.19. The third kappa shape index (κ3) is 2.05. The molecule has 3 rings (SSSR count). The van der Waals surface area contributed by atoms with E-state index in [2.05, 4.69) is 10.3 Å². The Morgan fingerprint density at radius 3 is 2.82 bits per heavy atom. The number of carbonyl (C=O) groups is 2. The van der Waals surface area contributed by atoms with Gasteiger partial charge in [-0.05, 0) is 12.1 Å². The molecule has 86 valence electrons. The van der Waals surface area contributed by atoms with E-state index in [0.29, 0.717) is 6.42 Å². The molecule has 1 aromatic carbocycles. The first-order valence-electron chi connectivity index (χ1n) is 5.08. The standard InChI is InChI=1S/C11H8N2O2S2/c14-10-8(17-11(15)13-10)5-9-12-6-3-1-2-4-7(6)16-9/h1-4,8H,5H2,(H,13,14,15). The number of carbonyl (C=O) groups excluding carboxylic acids is 2. The van der Waals surface area contributed by atoms with Gasteiger partial charge in [0.2, 0.25) is 5.91 Å². The maximum atomic E-state index is 11.4. The van der Waals surface area contributed by atoms with Crippen molar-refractivity contribution in [2.45, 2.75) is 11.7 Å². The SMILES string of the molecule is O=C1NC(=O)C(Cc2nc3ccccc3s2)S1.